The predicted octanol–water partition coefficient (Wildman–Crippen LogP) is 3.12. The van der Waals surface area contributed by atoms with Crippen LogP contribution in [-0.4, -0.2) is 34.4 Å². The van der Waals surface area contributed by atoms with Crippen LogP contribution in [0.1, 0.15) is 51.7 Å². The van der Waals surface area contributed by atoms with E-state index >= 15 is 0 Å². The van der Waals surface area contributed by atoms with Crippen molar-refractivity contribution < 1.29 is 19.5 Å². The van der Waals surface area contributed by atoms with Crippen molar-refractivity contribution in [3.8, 4) is 0 Å². The van der Waals surface area contributed by atoms with Gasteiger partial charge in [-0.25, -0.2) is 14.6 Å². The standard InChI is InChI=1S/C19H26N3O4/c1-18(2)9-16(10-19(3,4)22(18)25)26-17(24)21-12-15-7-5-6-14(8-15)11-20-13-23/h5-8,16H,9-12H2,1-4H3,(H,21,24). The zero-order valence-corrected chi connectivity index (χ0v) is 15.7. The molecule has 0 unspecified atom stereocenters. The van der Waals surface area contributed by atoms with E-state index in [0.717, 1.165) is 16.2 Å². The van der Waals surface area contributed by atoms with Crippen molar-refractivity contribution in [2.24, 2.45) is 4.99 Å². The fourth-order valence-electron chi connectivity index (χ4n) is 3.58. The highest BCUT2D eigenvalue weighted by Crippen LogP contribution is 2.38. The summed E-state index contributed by atoms with van der Waals surface area (Å²) in [6, 6.07) is 7.43. The van der Waals surface area contributed by atoms with Crippen molar-refractivity contribution in [1.29, 1.82) is 0 Å². The first-order valence-electron chi connectivity index (χ1n) is 8.67. The first-order chi connectivity index (χ1) is 12.1. The Bertz CT molecular complexity index is 678. The predicted molar refractivity (Wildman–Crippen MR) is 95.3 cm³/mol. The number of hydrogen-bond donors (Lipinski definition) is 1. The summed E-state index contributed by atoms with van der Waals surface area (Å²) in [6.45, 7) is 8.03. The van der Waals surface area contributed by atoms with Gasteiger partial charge in [-0.15, -0.1) is 10.3 Å². The molecule has 1 radical (unpaired) electrons. The van der Waals surface area contributed by atoms with Crippen molar-refractivity contribution >= 4 is 12.2 Å². The zero-order valence-electron chi connectivity index (χ0n) is 15.7. The normalized spacial score (nSPS) is 19.4. The van der Waals surface area contributed by atoms with Gasteiger partial charge in [0, 0.05) is 30.5 Å². The molecule has 0 aliphatic carbocycles. The van der Waals surface area contributed by atoms with E-state index in [-0.39, 0.29) is 12.6 Å². The maximum atomic E-state index is 12.3. The largest absolute Gasteiger partial charge is 0.446 e. The number of benzene rings is 1. The third-order valence-corrected chi connectivity index (χ3v) is 4.58. The Morgan fingerprint density at radius 1 is 1.27 bits per heavy atom. The van der Waals surface area contributed by atoms with E-state index in [2.05, 4.69) is 10.3 Å². The summed E-state index contributed by atoms with van der Waals surface area (Å²) < 4.78 is 5.54. The second-order valence-corrected chi connectivity index (χ2v) is 7.94. The number of amides is 1. The average molecular weight is 360 g/mol. The Kier molecular flexibility index (Phi) is 6.18. The highest BCUT2D eigenvalue weighted by Gasteiger charge is 2.47. The number of carbonyl (C=O) groups is 1. The van der Waals surface area contributed by atoms with Crippen LogP contribution in [0.5, 0.6) is 0 Å². The Morgan fingerprint density at radius 2 is 1.88 bits per heavy atom. The Hall–Kier alpha value is -2.21. The van der Waals surface area contributed by atoms with Crippen molar-refractivity contribution in [3.63, 3.8) is 0 Å². The molecular formula is C19H26N3O4. The van der Waals surface area contributed by atoms with Gasteiger partial charge < -0.3 is 10.1 Å². The number of isocyanates is 1. The lowest BCUT2D eigenvalue weighted by Gasteiger charge is -2.49. The van der Waals surface area contributed by atoms with Crippen LogP contribution in [0.3, 0.4) is 0 Å². The molecule has 1 aliphatic rings. The number of aliphatic imine (C=N–C) groups is 1. The van der Waals surface area contributed by atoms with Crippen LogP contribution in [0, 0.1) is 0 Å². The fourth-order valence-corrected chi connectivity index (χ4v) is 3.58. The molecule has 1 fully saturated rings. The van der Waals surface area contributed by atoms with Crippen LogP contribution in [0.15, 0.2) is 29.3 Å². The summed E-state index contributed by atoms with van der Waals surface area (Å²) >= 11 is 0. The van der Waals surface area contributed by atoms with Crippen molar-refractivity contribution in [2.75, 3.05) is 0 Å². The number of ether oxygens (including phenoxy) is 1. The van der Waals surface area contributed by atoms with E-state index < -0.39 is 17.2 Å². The van der Waals surface area contributed by atoms with Crippen LogP contribution in [0.4, 0.5) is 4.79 Å². The van der Waals surface area contributed by atoms with Crippen LogP contribution in [0.25, 0.3) is 0 Å². The van der Waals surface area contributed by atoms with Crippen LogP contribution >= 0.6 is 0 Å². The molecule has 2 rings (SSSR count). The van der Waals surface area contributed by atoms with Crippen molar-refractivity contribution in [3.05, 3.63) is 35.4 Å². The first kappa shape index (κ1) is 20.1. The van der Waals surface area contributed by atoms with E-state index in [4.69, 9.17) is 4.74 Å². The fraction of sp³-hybridized carbons (Fsp3) is 0.579. The van der Waals surface area contributed by atoms with Gasteiger partial charge in [-0.1, -0.05) is 24.3 Å². The molecule has 1 N–H and O–H groups in total. The van der Waals surface area contributed by atoms with Gasteiger partial charge in [0.25, 0.3) is 0 Å². The van der Waals surface area contributed by atoms with Gasteiger partial charge in [-0.2, -0.15) is 0 Å². The molecule has 1 aliphatic heterocycles. The number of nitrogens with zero attached hydrogens (tertiary/aromatic N) is 2. The van der Waals surface area contributed by atoms with E-state index in [1.54, 1.807) is 0 Å². The molecule has 7 heteroatoms. The summed E-state index contributed by atoms with van der Waals surface area (Å²) in [4.78, 5) is 25.9. The monoisotopic (exact) mass is 360 g/mol. The molecule has 26 heavy (non-hydrogen) atoms. The van der Waals surface area contributed by atoms with Gasteiger partial charge >= 0.3 is 6.09 Å². The lowest BCUT2D eigenvalue weighted by Crippen LogP contribution is -2.60. The maximum absolute atomic E-state index is 12.3. The van der Waals surface area contributed by atoms with Gasteiger partial charge in [0.15, 0.2) is 0 Å². The second kappa shape index (κ2) is 7.99. The molecule has 0 spiro atoms. The van der Waals surface area contributed by atoms with Gasteiger partial charge in [-0.3, -0.25) is 0 Å². The van der Waals surface area contributed by atoms with Crippen LogP contribution in [-0.2, 0) is 27.8 Å². The third kappa shape index (κ3) is 5.14. The van der Waals surface area contributed by atoms with Crippen molar-refractivity contribution in [1.82, 2.24) is 10.4 Å². The summed E-state index contributed by atoms with van der Waals surface area (Å²) in [5, 5.41) is 16.2. The molecule has 1 heterocycles. The lowest BCUT2D eigenvalue weighted by atomic mass is 9.80. The average Bonchev–Trinajstić information content (AvgIpc) is 2.56. The molecule has 141 valence electrons. The summed E-state index contributed by atoms with van der Waals surface area (Å²) in [7, 11) is 0. The minimum absolute atomic E-state index is 0.264. The number of hydrogen-bond acceptors (Lipinski definition) is 5. The maximum Gasteiger partial charge on any atom is 0.407 e. The van der Waals surface area contributed by atoms with Gasteiger partial charge in [-0.05, 0) is 38.8 Å². The first-order valence-corrected chi connectivity index (χ1v) is 8.67. The smallest absolute Gasteiger partial charge is 0.407 e. The summed E-state index contributed by atoms with van der Waals surface area (Å²) in [5.74, 6) is 0. The Morgan fingerprint density at radius 3 is 2.50 bits per heavy atom. The molecule has 0 bridgehead atoms. The third-order valence-electron chi connectivity index (χ3n) is 4.58. The number of alkyl carbamates (subject to hydrolysis) is 1. The molecule has 0 aromatic heterocycles. The molecule has 1 saturated heterocycles. The van der Waals surface area contributed by atoms with E-state index in [1.165, 1.54) is 6.08 Å². The molecule has 7 nitrogen and oxygen atoms in total. The van der Waals surface area contributed by atoms with Gasteiger partial charge in [0.2, 0.25) is 6.08 Å². The number of rotatable bonds is 5. The minimum Gasteiger partial charge on any atom is -0.446 e. The number of piperidine rings is 1. The SMILES string of the molecule is CC1(C)CC(OC(=O)NCc2cccc(CN=C=O)c2)CC(C)(C)N1[O]. The minimum atomic E-state index is -0.583. The summed E-state index contributed by atoms with van der Waals surface area (Å²) in [6.07, 6.45) is 1.68. The Labute approximate surface area is 154 Å². The highest BCUT2D eigenvalue weighted by molar-refractivity contribution is 5.67. The number of hydroxylamine groups is 2. The summed E-state index contributed by atoms with van der Waals surface area (Å²) in [5.41, 5.74) is 0.586. The highest BCUT2D eigenvalue weighted by atomic mass is 16.6. The number of nitrogens with one attached hydrogen (secondary N) is 1. The second-order valence-electron chi connectivity index (χ2n) is 7.94. The molecule has 1 amide bonds. The molecule has 1 aromatic carbocycles. The molecular weight excluding hydrogens is 334 g/mol. The zero-order chi connectivity index (χ0) is 19.4. The van der Waals surface area contributed by atoms with E-state index in [0.29, 0.717) is 19.4 Å². The molecule has 0 atom stereocenters. The van der Waals surface area contributed by atoms with Crippen molar-refractivity contribution in [2.45, 2.75) is 70.8 Å². The van der Waals surface area contributed by atoms with E-state index in [9.17, 15) is 14.8 Å². The topological polar surface area (TPSA) is 90.9 Å². The van der Waals surface area contributed by atoms with Crippen LogP contribution in [0.2, 0.25) is 0 Å². The quantitative estimate of drug-likeness (QED) is 0.645. The number of carbonyl (C=O) groups excluding carboxylic acids is 2. The Balaban J connectivity index is 1.90. The lowest BCUT2D eigenvalue weighted by molar-refractivity contribution is -0.298. The molecule has 0 saturated carbocycles. The van der Waals surface area contributed by atoms with Gasteiger partial charge in [0.05, 0.1) is 6.54 Å². The molecule has 1 aromatic rings. The van der Waals surface area contributed by atoms with Gasteiger partial charge in [0.1, 0.15) is 6.10 Å². The van der Waals surface area contributed by atoms with Crippen LogP contribution < -0.4 is 5.32 Å². The van der Waals surface area contributed by atoms with E-state index in [1.807, 2.05) is 52.0 Å².